The lowest BCUT2D eigenvalue weighted by molar-refractivity contribution is -0.143. The van der Waals surface area contributed by atoms with Crippen molar-refractivity contribution < 1.29 is 14.6 Å². The van der Waals surface area contributed by atoms with Gasteiger partial charge in [-0.25, -0.2) is 14.5 Å². The van der Waals surface area contributed by atoms with E-state index in [0.717, 1.165) is 0 Å². The van der Waals surface area contributed by atoms with Crippen LogP contribution in [0.3, 0.4) is 0 Å². The highest BCUT2D eigenvalue weighted by molar-refractivity contribution is 5.71. The van der Waals surface area contributed by atoms with E-state index in [1.54, 1.807) is 0 Å². The molecular weight excluding hydrogens is 210 g/mol. The minimum atomic E-state index is -0.955. The van der Waals surface area contributed by atoms with Crippen molar-refractivity contribution in [3.05, 3.63) is 11.6 Å². The molecule has 0 fully saturated rings. The molecule has 1 aromatic rings. The molecule has 1 heterocycles. The van der Waals surface area contributed by atoms with Gasteiger partial charge in [0.05, 0.1) is 6.61 Å². The van der Waals surface area contributed by atoms with Crippen molar-refractivity contribution in [1.82, 2.24) is 14.8 Å². The van der Waals surface area contributed by atoms with E-state index in [1.807, 2.05) is 13.8 Å². The summed E-state index contributed by atoms with van der Waals surface area (Å²) in [6.07, 6.45) is 1.35. The van der Waals surface area contributed by atoms with Crippen molar-refractivity contribution in [3.8, 4) is 0 Å². The highest BCUT2D eigenvalue weighted by Crippen LogP contribution is 2.11. The third-order valence-corrected chi connectivity index (χ3v) is 2.28. The molecule has 0 aliphatic carbocycles. The second-order valence-electron chi connectivity index (χ2n) is 3.41. The topological polar surface area (TPSA) is 77.2 Å². The van der Waals surface area contributed by atoms with Crippen LogP contribution in [0.25, 0.3) is 0 Å². The second kappa shape index (κ2) is 5.60. The van der Waals surface area contributed by atoms with Crippen LogP contribution in [-0.4, -0.2) is 39.6 Å². The van der Waals surface area contributed by atoms with Crippen molar-refractivity contribution in [3.63, 3.8) is 0 Å². The van der Waals surface area contributed by atoms with Crippen LogP contribution in [0.2, 0.25) is 0 Å². The van der Waals surface area contributed by atoms with Crippen molar-refractivity contribution in [2.75, 3.05) is 13.7 Å². The molecule has 1 rings (SSSR count). The summed E-state index contributed by atoms with van der Waals surface area (Å²) in [5, 5.41) is 13.3. The van der Waals surface area contributed by atoms with Crippen molar-refractivity contribution >= 4 is 5.97 Å². The number of carbonyl (C=O) groups is 1. The van der Waals surface area contributed by atoms with Gasteiger partial charge in [0.2, 0.25) is 0 Å². The number of hydrogen-bond acceptors (Lipinski definition) is 4. The lowest BCUT2D eigenvalue weighted by atomic mass is 10.3. The first-order valence-electron chi connectivity index (χ1n) is 5.30. The number of aromatic nitrogens is 3. The first-order chi connectivity index (χ1) is 7.63. The zero-order valence-corrected chi connectivity index (χ0v) is 9.80. The molecule has 0 saturated carbocycles. The average Bonchev–Trinajstić information content (AvgIpc) is 2.68. The lowest BCUT2D eigenvalue weighted by Crippen LogP contribution is -2.26. The van der Waals surface area contributed by atoms with Gasteiger partial charge in [0.15, 0.2) is 11.9 Å². The summed E-state index contributed by atoms with van der Waals surface area (Å²) in [5.74, 6) is 0.393. The number of ether oxygens (including phenoxy) is 1. The van der Waals surface area contributed by atoms with Crippen LogP contribution in [0.1, 0.15) is 31.5 Å². The minimum Gasteiger partial charge on any atom is -0.480 e. The molecule has 16 heavy (non-hydrogen) atoms. The van der Waals surface area contributed by atoms with Crippen LogP contribution in [0, 0.1) is 0 Å². The smallest absolute Gasteiger partial charge is 0.331 e. The Hall–Kier alpha value is -1.43. The summed E-state index contributed by atoms with van der Waals surface area (Å²) in [5.41, 5.74) is 0. The molecule has 1 N–H and O–H groups in total. The third-order valence-electron chi connectivity index (χ3n) is 2.28. The summed E-state index contributed by atoms with van der Waals surface area (Å²) in [6.45, 7) is 3.95. The fourth-order valence-electron chi connectivity index (χ4n) is 1.45. The SMILES string of the molecule is CCc1nc(CC)n(C(COC)C(=O)O)n1. The first-order valence-corrected chi connectivity index (χ1v) is 5.30. The average molecular weight is 227 g/mol. The molecule has 6 nitrogen and oxygen atoms in total. The summed E-state index contributed by atoms with van der Waals surface area (Å²) in [7, 11) is 1.47. The number of methoxy groups -OCH3 is 1. The van der Waals surface area contributed by atoms with Gasteiger partial charge >= 0.3 is 5.97 Å². The predicted molar refractivity (Wildman–Crippen MR) is 57.3 cm³/mol. The molecule has 0 aromatic carbocycles. The van der Waals surface area contributed by atoms with Crippen LogP contribution >= 0.6 is 0 Å². The monoisotopic (exact) mass is 227 g/mol. The van der Waals surface area contributed by atoms with Gasteiger partial charge in [-0.05, 0) is 0 Å². The van der Waals surface area contributed by atoms with Gasteiger partial charge in [-0.3, -0.25) is 0 Å². The van der Waals surface area contributed by atoms with Crippen LogP contribution in [0.15, 0.2) is 0 Å². The van der Waals surface area contributed by atoms with Gasteiger partial charge in [0.1, 0.15) is 5.82 Å². The van der Waals surface area contributed by atoms with Crippen LogP contribution < -0.4 is 0 Å². The van der Waals surface area contributed by atoms with Crippen LogP contribution in [0.5, 0.6) is 0 Å². The number of hydrogen-bond donors (Lipinski definition) is 1. The van der Waals surface area contributed by atoms with Crippen molar-refractivity contribution in [2.24, 2.45) is 0 Å². The second-order valence-corrected chi connectivity index (χ2v) is 3.41. The number of aliphatic carboxylic acids is 1. The number of aryl methyl sites for hydroxylation is 2. The van der Waals surface area contributed by atoms with Crippen molar-refractivity contribution in [1.29, 1.82) is 0 Å². The fourth-order valence-corrected chi connectivity index (χ4v) is 1.45. The van der Waals surface area contributed by atoms with E-state index in [9.17, 15) is 4.79 Å². The number of rotatable bonds is 6. The molecule has 6 heteroatoms. The summed E-state index contributed by atoms with van der Waals surface area (Å²) >= 11 is 0. The van der Waals surface area contributed by atoms with E-state index < -0.39 is 12.0 Å². The standard InChI is InChI=1S/C10H17N3O3/c1-4-8-11-9(5-2)13(12-8)7(6-16-3)10(14)15/h7H,4-6H2,1-3H3,(H,14,15). The fraction of sp³-hybridized carbons (Fsp3) is 0.700. The highest BCUT2D eigenvalue weighted by Gasteiger charge is 2.23. The summed E-state index contributed by atoms with van der Waals surface area (Å²) in [4.78, 5) is 15.4. The lowest BCUT2D eigenvalue weighted by Gasteiger charge is -2.13. The van der Waals surface area contributed by atoms with Crippen LogP contribution in [-0.2, 0) is 22.4 Å². The summed E-state index contributed by atoms with van der Waals surface area (Å²) < 4.78 is 6.34. The Bertz CT molecular complexity index is 362. The Morgan fingerprint density at radius 1 is 1.50 bits per heavy atom. The molecule has 0 saturated heterocycles. The maximum Gasteiger partial charge on any atom is 0.331 e. The number of carboxylic acid groups (broad SMARTS) is 1. The minimum absolute atomic E-state index is 0.0921. The predicted octanol–water partition coefficient (Wildman–Crippen LogP) is 0.675. The molecule has 1 aromatic heterocycles. The largest absolute Gasteiger partial charge is 0.480 e. The van der Waals surface area contributed by atoms with Crippen molar-refractivity contribution in [2.45, 2.75) is 32.7 Å². The van der Waals surface area contributed by atoms with Gasteiger partial charge in [-0.15, -0.1) is 0 Å². The molecular formula is C10H17N3O3. The Balaban J connectivity index is 3.06. The molecule has 1 atom stereocenters. The van der Waals surface area contributed by atoms with Gasteiger partial charge in [0, 0.05) is 20.0 Å². The van der Waals surface area contributed by atoms with E-state index >= 15 is 0 Å². The summed E-state index contributed by atoms with van der Waals surface area (Å²) in [6, 6.07) is -0.798. The zero-order valence-electron chi connectivity index (χ0n) is 9.80. The number of nitrogens with zero attached hydrogens (tertiary/aromatic N) is 3. The molecule has 0 aliphatic heterocycles. The Labute approximate surface area is 94.2 Å². The highest BCUT2D eigenvalue weighted by atomic mass is 16.5. The maximum absolute atomic E-state index is 11.1. The molecule has 1 unspecified atom stereocenters. The zero-order chi connectivity index (χ0) is 12.1. The molecule has 90 valence electrons. The quantitative estimate of drug-likeness (QED) is 0.773. The van der Waals surface area contributed by atoms with Gasteiger partial charge in [-0.1, -0.05) is 13.8 Å². The normalized spacial score (nSPS) is 12.7. The third kappa shape index (κ3) is 2.57. The maximum atomic E-state index is 11.1. The number of carboxylic acids is 1. The Kier molecular flexibility index (Phi) is 4.42. The molecule has 0 amide bonds. The van der Waals surface area contributed by atoms with E-state index in [4.69, 9.17) is 9.84 Å². The first kappa shape index (κ1) is 12.6. The van der Waals surface area contributed by atoms with Gasteiger partial charge in [0.25, 0.3) is 0 Å². The molecule has 0 radical (unpaired) electrons. The Morgan fingerprint density at radius 2 is 2.19 bits per heavy atom. The molecule has 0 bridgehead atoms. The Morgan fingerprint density at radius 3 is 2.62 bits per heavy atom. The van der Waals surface area contributed by atoms with E-state index in [-0.39, 0.29) is 6.61 Å². The van der Waals surface area contributed by atoms with Gasteiger partial charge in [-0.2, -0.15) is 5.10 Å². The van der Waals surface area contributed by atoms with E-state index in [1.165, 1.54) is 11.8 Å². The van der Waals surface area contributed by atoms with Gasteiger partial charge < -0.3 is 9.84 Å². The molecule has 0 aliphatic rings. The molecule has 0 spiro atoms. The van der Waals surface area contributed by atoms with E-state index in [2.05, 4.69) is 10.1 Å². The van der Waals surface area contributed by atoms with E-state index in [0.29, 0.717) is 24.5 Å². The van der Waals surface area contributed by atoms with Crippen LogP contribution in [0.4, 0.5) is 0 Å².